The van der Waals surface area contributed by atoms with E-state index < -0.39 is 0 Å². The van der Waals surface area contributed by atoms with E-state index in [-0.39, 0.29) is 5.91 Å². The molecule has 0 fully saturated rings. The fourth-order valence-corrected chi connectivity index (χ4v) is 2.66. The third-order valence-corrected chi connectivity index (χ3v) is 4.45. The maximum atomic E-state index is 12.2. The van der Waals surface area contributed by atoms with E-state index >= 15 is 0 Å². The Hall–Kier alpha value is -3.49. The van der Waals surface area contributed by atoms with Crippen LogP contribution in [-0.2, 0) is 0 Å². The highest BCUT2D eigenvalue weighted by molar-refractivity contribution is 5.96. The molecule has 1 amide bonds. The van der Waals surface area contributed by atoms with Crippen molar-refractivity contribution in [2.75, 3.05) is 25.5 Å². The van der Waals surface area contributed by atoms with E-state index in [1.165, 1.54) is 7.11 Å². The van der Waals surface area contributed by atoms with Crippen LogP contribution in [0.15, 0.2) is 30.5 Å². The maximum absolute atomic E-state index is 12.2. The number of pyridine rings is 1. The summed E-state index contributed by atoms with van der Waals surface area (Å²) in [6, 6.07) is 7.05. The van der Waals surface area contributed by atoms with Gasteiger partial charge >= 0.3 is 0 Å². The number of carbonyl (C=O) groups excluding carboxylic acids is 1. The molecule has 146 valence electrons. The van der Waals surface area contributed by atoms with Gasteiger partial charge in [-0.2, -0.15) is 5.10 Å². The van der Waals surface area contributed by atoms with Crippen molar-refractivity contribution in [1.29, 1.82) is 0 Å². The van der Waals surface area contributed by atoms with Crippen LogP contribution in [-0.4, -0.2) is 51.1 Å². The van der Waals surface area contributed by atoms with Gasteiger partial charge in [0.2, 0.25) is 5.88 Å². The van der Waals surface area contributed by atoms with Crippen molar-refractivity contribution in [3.63, 3.8) is 0 Å². The number of rotatable bonds is 7. The van der Waals surface area contributed by atoms with Gasteiger partial charge in [-0.15, -0.1) is 10.2 Å². The van der Waals surface area contributed by atoms with Crippen LogP contribution in [0.2, 0.25) is 0 Å². The van der Waals surface area contributed by atoms with E-state index in [2.05, 4.69) is 30.9 Å². The van der Waals surface area contributed by atoms with Gasteiger partial charge in [0.05, 0.1) is 12.8 Å². The lowest BCUT2D eigenvalue weighted by Crippen LogP contribution is -2.29. The molecule has 3 aromatic heterocycles. The number of aryl methyl sites for hydroxylation is 1. The van der Waals surface area contributed by atoms with Gasteiger partial charge < -0.3 is 15.4 Å². The zero-order valence-electron chi connectivity index (χ0n) is 16.4. The molecule has 0 atom stereocenters. The molecule has 0 aliphatic carbocycles. The van der Waals surface area contributed by atoms with Gasteiger partial charge in [0.15, 0.2) is 5.82 Å². The van der Waals surface area contributed by atoms with Crippen molar-refractivity contribution in [1.82, 2.24) is 30.3 Å². The first-order valence-corrected chi connectivity index (χ1v) is 8.89. The molecule has 0 aromatic carbocycles. The number of anilines is 1. The van der Waals surface area contributed by atoms with Crippen molar-refractivity contribution < 1.29 is 9.53 Å². The molecule has 3 aromatic rings. The van der Waals surface area contributed by atoms with Crippen LogP contribution in [0.3, 0.4) is 0 Å². The number of hydrogen-bond donors (Lipinski definition) is 2. The van der Waals surface area contributed by atoms with Gasteiger partial charge in [-0.3, -0.25) is 4.79 Å². The Morgan fingerprint density at radius 3 is 2.61 bits per heavy atom. The van der Waals surface area contributed by atoms with Crippen LogP contribution < -0.4 is 15.4 Å². The molecule has 3 heterocycles. The molecule has 0 unspecified atom stereocenters. The first kappa shape index (κ1) is 19.3. The lowest BCUT2D eigenvalue weighted by molar-refractivity contribution is 0.0951. The van der Waals surface area contributed by atoms with E-state index in [4.69, 9.17) is 4.74 Å². The molecular weight excluding hydrogens is 358 g/mol. The summed E-state index contributed by atoms with van der Waals surface area (Å²) in [6.07, 6.45) is 1.58. The number of hydrogen-bond acceptors (Lipinski definition) is 7. The molecule has 3 rings (SSSR count). The average molecular weight is 381 g/mol. The van der Waals surface area contributed by atoms with Crippen LogP contribution in [0.4, 0.5) is 5.82 Å². The van der Waals surface area contributed by atoms with Crippen LogP contribution >= 0.6 is 0 Å². The second-order valence-corrected chi connectivity index (χ2v) is 6.23. The number of amides is 1. The fourth-order valence-electron chi connectivity index (χ4n) is 2.66. The second-order valence-electron chi connectivity index (χ2n) is 6.23. The number of nitrogens with one attached hydrogen (secondary N) is 2. The molecule has 9 nitrogen and oxygen atoms in total. The Balaban J connectivity index is 1.53. The van der Waals surface area contributed by atoms with Crippen LogP contribution in [0, 0.1) is 20.8 Å². The Bertz CT molecular complexity index is 967. The Kier molecular flexibility index (Phi) is 5.83. The van der Waals surface area contributed by atoms with Gasteiger partial charge in [0.25, 0.3) is 5.91 Å². The lowest BCUT2D eigenvalue weighted by atomic mass is 10.2. The minimum absolute atomic E-state index is 0.243. The van der Waals surface area contributed by atoms with Crippen LogP contribution in [0.5, 0.6) is 5.88 Å². The number of carbonyl (C=O) groups is 1. The van der Waals surface area contributed by atoms with Crippen molar-refractivity contribution in [3.8, 4) is 11.7 Å². The number of aromatic nitrogens is 5. The van der Waals surface area contributed by atoms with Gasteiger partial charge in [-0.25, -0.2) is 9.67 Å². The molecule has 0 bridgehead atoms. The van der Waals surface area contributed by atoms with Gasteiger partial charge in [-0.05, 0) is 50.6 Å². The topological polar surface area (TPSA) is 107 Å². The predicted molar refractivity (Wildman–Crippen MR) is 105 cm³/mol. The van der Waals surface area contributed by atoms with Crippen LogP contribution in [0.1, 0.15) is 27.3 Å². The summed E-state index contributed by atoms with van der Waals surface area (Å²) < 4.78 is 6.87. The largest absolute Gasteiger partial charge is 0.480 e. The average Bonchev–Trinajstić information content (AvgIpc) is 2.98. The first-order valence-electron chi connectivity index (χ1n) is 8.89. The maximum Gasteiger partial charge on any atom is 0.256 e. The standard InChI is InChI=1S/C19H23N7O2/c1-12-13(2)25-26(14(12)3)17-8-7-16(23-24-17)20-10-11-21-18(27)15-6-5-9-22-19(15)28-4/h5-9H,10-11H2,1-4H3,(H,20,23)(H,21,27). The van der Waals surface area contributed by atoms with Crippen LogP contribution in [0.25, 0.3) is 5.82 Å². The van der Waals surface area contributed by atoms with E-state index in [1.807, 2.05) is 32.9 Å². The Morgan fingerprint density at radius 2 is 1.96 bits per heavy atom. The molecule has 0 radical (unpaired) electrons. The highest BCUT2D eigenvalue weighted by Gasteiger charge is 2.12. The molecule has 0 saturated carbocycles. The third-order valence-electron chi connectivity index (χ3n) is 4.45. The predicted octanol–water partition coefficient (Wildman–Crippen LogP) is 1.83. The first-order chi connectivity index (χ1) is 13.5. The molecule has 28 heavy (non-hydrogen) atoms. The third kappa shape index (κ3) is 4.08. The summed E-state index contributed by atoms with van der Waals surface area (Å²) >= 11 is 0. The molecule has 0 aliphatic rings. The number of methoxy groups -OCH3 is 1. The molecular formula is C19H23N7O2. The number of nitrogens with zero attached hydrogens (tertiary/aromatic N) is 5. The summed E-state index contributed by atoms with van der Waals surface area (Å²) in [7, 11) is 1.48. The molecule has 0 spiro atoms. The molecule has 2 N–H and O–H groups in total. The minimum atomic E-state index is -0.243. The van der Waals surface area contributed by atoms with Gasteiger partial charge in [-0.1, -0.05) is 0 Å². The zero-order valence-corrected chi connectivity index (χ0v) is 16.4. The summed E-state index contributed by atoms with van der Waals surface area (Å²) in [6.45, 7) is 6.92. The van der Waals surface area contributed by atoms with Gasteiger partial charge in [0.1, 0.15) is 11.4 Å². The van der Waals surface area contributed by atoms with Crippen molar-refractivity contribution in [2.24, 2.45) is 0 Å². The summed E-state index contributed by atoms with van der Waals surface area (Å²) in [4.78, 5) is 16.2. The van der Waals surface area contributed by atoms with Gasteiger partial charge in [0, 0.05) is 25.0 Å². The summed E-state index contributed by atoms with van der Waals surface area (Å²) in [5.74, 6) is 1.34. The molecule has 0 aliphatic heterocycles. The van der Waals surface area contributed by atoms with Crippen molar-refractivity contribution in [3.05, 3.63) is 53.0 Å². The monoisotopic (exact) mass is 381 g/mol. The van der Waals surface area contributed by atoms with E-state index in [1.54, 1.807) is 23.0 Å². The van der Waals surface area contributed by atoms with E-state index in [0.29, 0.717) is 36.2 Å². The second kappa shape index (κ2) is 8.47. The smallest absolute Gasteiger partial charge is 0.256 e. The van der Waals surface area contributed by atoms with E-state index in [0.717, 1.165) is 17.0 Å². The molecule has 9 heteroatoms. The fraction of sp³-hybridized carbons (Fsp3) is 0.316. The summed E-state index contributed by atoms with van der Waals surface area (Å²) in [5, 5.41) is 18.8. The number of ether oxygens (including phenoxy) is 1. The SMILES string of the molecule is COc1ncccc1C(=O)NCCNc1ccc(-n2nc(C)c(C)c2C)nn1. The lowest BCUT2D eigenvalue weighted by Gasteiger charge is -2.09. The van der Waals surface area contributed by atoms with E-state index in [9.17, 15) is 4.79 Å². The Morgan fingerprint density at radius 1 is 1.14 bits per heavy atom. The van der Waals surface area contributed by atoms with Crippen molar-refractivity contribution >= 4 is 11.7 Å². The highest BCUT2D eigenvalue weighted by Crippen LogP contribution is 2.15. The minimum Gasteiger partial charge on any atom is -0.480 e. The summed E-state index contributed by atoms with van der Waals surface area (Å²) in [5.41, 5.74) is 3.56. The zero-order chi connectivity index (χ0) is 20.1. The highest BCUT2D eigenvalue weighted by atomic mass is 16.5. The Labute approximate surface area is 163 Å². The molecule has 0 saturated heterocycles. The normalized spacial score (nSPS) is 10.6. The quantitative estimate of drug-likeness (QED) is 0.601. The van der Waals surface area contributed by atoms with Crippen molar-refractivity contribution in [2.45, 2.75) is 20.8 Å².